The molecule has 1 aromatic heterocycles. The molecule has 9 heteroatoms. The molecule has 2 rings (SSSR count). The number of rotatable bonds is 6. The van der Waals surface area contributed by atoms with E-state index in [1.807, 2.05) is 25.3 Å². The van der Waals surface area contributed by atoms with Gasteiger partial charge in [-0.15, -0.1) is 37.1 Å². The highest BCUT2D eigenvalue weighted by Crippen LogP contribution is 2.25. The van der Waals surface area contributed by atoms with Gasteiger partial charge in [-0.25, -0.2) is 0 Å². The van der Waals surface area contributed by atoms with Gasteiger partial charge in [0, 0.05) is 37.6 Å². The Kier molecular flexibility index (Phi) is 9.33. The van der Waals surface area contributed by atoms with Gasteiger partial charge in [0.15, 0.2) is 5.96 Å². The monoisotopic (exact) mass is 494 g/mol. The molecule has 0 atom stereocenters. The standard InChI is InChI=1S/C18H21F3N4O.HI/c1-13-7-8-14(11-24-13)9-10-23-17(22-2)25-12-15-5-3-4-6-16(15)26-18(19,20)21;/h3-8,11H,9-10,12H2,1-2H3,(H2,22,23,25);1H. The summed E-state index contributed by atoms with van der Waals surface area (Å²) in [5.74, 6) is 0.264. The minimum atomic E-state index is -4.72. The molecule has 2 N–H and O–H groups in total. The SMILES string of the molecule is CN=C(NCCc1ccc(C)nc1)NCc1ccccc1OC(F)(F)F.I. The number of nitrogens with zero attached hydrogens (tertiary/aromatic N) is 2. The zero-order valence-electron chi connectivity index (χ0n) is 15.0. The summed E-state index contributed by atoms with van der Waals surface area (Å²) in [6.45, 7) is 2.69. The van der Waals surface area contributed by atoms with Crippen LogP contribution in [0.5, 0.6) is 5.75 Å². The number of pyridine rings is 1. The molecule has 0 bridgehead atoms. The van der Waals surface area contributed by atoms with Crippen LogP contribution in [0, 0.1) is 6.92 Å². The molecule has 148 valence electrons. The van der Waals surface area contributed by atoms with Crippen LogP contribution in [-0.2, 0) is 13.0 Å². The number of aromatic nitrogens is 1. The van der Waals surface area contributed by atoms with Gasteiger partial charge in [-0.1, -0.05) is 24.3 Å². The van der Waals surface area contributed by atoms with Crippen molar-refractivity contribution in [3.05, 3.63) is 59.4 Å². The van der Waals surface area contributed by atoms with Crippen molar-refractivity contribution in [2.75, 3.05) is 13.6 Å². The van der Waals surface area contributed by atoms with Crippen LogP contribution in [0.2, 0.25) is 0 Å². The van der Waals surface area contributed by atoms with E-state index < -0.39 is 6.36 Å². The van der Waals surface area contributed by atoms with Gasteiger partial charge in [0.1, 0.15) is 5.75 Å². The minimum absolute atomic E-state index is 0. The van der Waals surface area contributed by atoms with Crippen molar-refractivity contribution in [2.24, 2.45) is 4.99 Å². The van der Waals surface area contributed by atoms with E-state index in [1.165, 1.54) is 12.1 Å². The molecular weight excluding hydrogens is 472 g/mol. The average molecular weight is 494 g/mol. The van der Waals surface area contributed by atoms with E-state index in [0.717, 1.165) is 17.7 Å². The molecule has 0 saturated carbocycles. The van der Waals surface area contributed by atoms with E-state index in [9.17, 15) is 13.2 Å². The van der Waals surface area contributed by atoms with Crippen molar-refractivity contribution < 1.29 is 17.9 Å². The molecule has 0 aliphatic carbocycles. The Morgan fingerprint density at radius 1 is 1.15 bits per heavy atom. The summed E-state index contributed by atoms with van der Waals surface area (Å²) in [6.07, 6.45) is -2.15. The Labute approximate surface area is 173 Å². The van der Waals surface area contributed by atoms with E-state index in [-0.39, 0.29) is 36.3 Å². The number of benzene rings is 1. The average Bonchev–Trinajstić information content (AvgIpc) is 2.59. The quantitative estimate of drug-likeness (QED) is 0.365. The number of halogens is 4. The van der Waals surface area contributed by atoms with Crippen LogP contribution >= 0.6 is 24.0 Å². The van der Waals surface area contributed by atoms with E-state index in [4.69, 9.17) is 0 Å². The highest BCUT2D eigenvalue weighted by atomic mass is 127. The predicted octanol–water partition coefficient (Wildman–Crippen LogP) is 3.81. The molecule has 0 fully saturated rings. The lowest BCUT2D eigenvalue weighted by atomic mass is 10.2. The molecule has 0 unspecified atom stereocenters. The molecule has 0 aliphatic rings. The van der Waals surface area contributed by atoms with Gasteiger partial charge in [0.2, 0.25) is 0 Å². The van der Waals surface area contributed by atoms with Crippen LogP contribution in [0.1, 0.15) is 16.8 Å². The summed E-state index contributed by atoms with van der Waals surface area (Å²) >= 11 is 0. The molecule has 0 saturated heterocycles. The summed E-state index contributed by atoms with van der Waals surface area (Å²) in [5, 5.41) is 6.10. The van der Waals surface area contributed by atoms with Gasteiger partial charge in [0.05, 0.1) is 0 Å². The maximum absolute atomic E-state index is 12.5. The first-order valence-electron chi connectivity index (χ1n) is 8.07. The number of nitrogens with one attached hydrogen (secondary N) is 2. The van der Waals surface area contributed by atoms with Crippen LogP contribution in [0.4, 0.5) is 13.2 Å². The van der Waals surface area contributed by atoms with E-state index in [1.54, 1.807) is 19.2 Å². The molecule has 0 amide bonds. The lowest BCUT2D eigenvalue weighted by Crippen LogP contribution is -2.38. The summed E-state index contributed by atoms with van der Waals surface area (Å²) in [5.41, 5.74) is 2.43. The highest BCUT2D eigenvalue weighted by molar-refractivity contribution is 14.0. The van der Waals surface area contributed by atoms with Gasteiger partial charge >= 0.3 is 6.36 Å². The number of hydrogen-bond acceptors (Lipinski definition) is 3. The highest BCUT2D eigenvalue weighted by Gasteiger charge is 2.31. The summed E-state index contributed by atoms with van der Waals surface area (Å²) in [6, 6.07) is 9.95. The molecule has 5 nitrogen and oxygen atoms in total. The molecule has 1 aromatic carbocycles. The Hall–Kier alpha value is -2.04. The van der Waals surface area contributed by atoms with Crippen molar-refractivity contribution in [3.63, 3.8) is 0 Å². The topological polar surface area (TPSA) is 58.5 Å². The Morgan fingerprint density at radius 2 is 1.89 bits per heavy atom. The second-order valence-electron chi connectivity index (χ2n) is 5.57. The largest absolute Gasteiger partial charge is 0.573 e. The molecule has 1 heterocycles. The second-order valence-corrected chi connectivity index (χ2v) is 5.57. The first-order chi connectivity index (χ1) is 12.4. The van der Waals surface area contributed by atoms with Crippen LogP contribution < -0.4 is 15.4 Å². The van der Waals surface area contributed by atoms with Crippen LogP contribution in [-0.4, -0.2) is 30.9 Å². The van der Waals surface area contributed by atoms with Crippen molar-refractivity contribution in [1.29, 1.82) is 0 Å². The minimum Gasteiger partial charge on any atom is -0.405 e. The van der Waals surface area contributed by atoms with Gasteiger partial charge in [0.25, 0.3) is 0 Å². The number of ether oxygens (including phenoxy) is 1. The van der Waals surface area contributed by atoms with Crippen molar-refractivity contribution in [3.8, 4) is 5.75 Å². The Bertz CT molecular complexity index is 736. The number of para-hydroxylation sites is 1. The maximum atomic E-state index is 12.5. The zero-order valence-corrected chi connectivity index (χ0v) is 17.3. The fourth-order valence-electron chi connectivity index (χ4n) is 2.25. The maximum Gasteiger partial charge on any atom is 0.573 e. The second kappa shape index (κ2) is 11.0. The molecule has 0 aliphatic heterocycles. The van der Waals surface area contributed by atoms with E-state index in [0.29, 0.717) is 18.1 Å². The first-order valence-corrected chi connectivity index (χ1v) is 8.07. The summed E-state index contributed by atoms with van der Waals surface area (Å²) < 4.78 is 41.4. The van der Waals surface area contributed by atoms with Gasteiger partial charge in [-0.2, -0.15) is 0 Å². The molecule has 2 aromatic rings. The van der Waals surface area contributed by atoms with Gasteiger partial charge in [-0.3, -0.25) is 9.98 Å². The van der Waals surface area contributed by atoms with Crippen molar-refractivity contribution in [1.82, 2.24) is 15.6 Å². The van der Waals surface area contributed by atoms with Crippen LogP contribution in [0.15, 0.2) is 47.6 Å². The van der Waals surface area contributed by atoms with Gasteiger partial charge < -0.3 is 15.4 Å². The smallest absolute Gasteiger partial charge is 0.405 e. The summed E-state index contributed by atoms with van der Waals surface area (Å²) in [4.78, 5) is 8.30. The third kappa shape index (κ3) is 8.46. The zero-order chi connectivity index (χ0) is 19.0. The Morgan fingerprint density at radius 3 is 2.52 bits per heavy atom. The van der Waals surface area contributed by atoms with Crippen LogP contribution in [0.25, 0.3) is 0 Å². The molecule has 0 radical (unpaired) electrons. The van der Waals surface area contributed by atoms with E-state index >= 15 is 0 Å². The van der Waals surface area contributed by atoms with Crippen molar-refractivity contribution in [2.45, 2.75) is 26.3 Å². The molecule has 0 spiro atoms. The summed E-state index contributed by atoms with van der Waals surface area (Å²) in [7, 11) is 1.60. The predicted molar refractivity (Wildman–Crippen MR) is 109 cm³/mol. The van der Waals surface area contributed by atoms with Gasteiger partial charge in [-0.05, 0) is 31.0 Å². The lowest BCUT2D eigenvalue weighted by molar-refractivity contribution is -0.274. The van der Waals surface area contributed by atoms with Crippen LogP contribution in [0.3, 0.4) is 0 Å². The molecular formula is C18H22F3IN4O. The fraction of sp³-hybridized carbons (Fsp3) is 0.333. The van der Waals surface area contributed by atoms with E-state index in [2.05, 4.69) is 25.3 Å². The number of hydrogen-bond donors (Lipinski definition) is 2. The normalized spacial score (nSPS) is 11.5. The lowest BCUT2D eigenvalue weighted by Gasteiger charge is -2.15. The molecule has 27 heavy (non-hydrogen) atoms. The number of aryl methyl sites for hydroxylation is 1. The Balaban J connectivity index is 0.00000364. The number of aliphatic imine (C=N–C) groups is 1. The number of guanidine groups is 1. The fourth-order valence-corrected chi connectivity index (χ4v) is 2.25. The number of alkyl halides is 3. The first kappa shape index (κ1) is 23.0. The van der Waals surface area contributed by atoms with Crippen molar-refractivity contribution >= 4 is 29.9 Å². The third-order valence-electron chi connectivity index (χ3n) is 3.55. The third-order valence-corrected chi connectivity index (χ3v) is 3.55.